The lowest BCUT2D eigenvalue weighted by molar-refractivity contribution is 0.102. The number of aromatic nitrogens is 1. The third-order valence-corrected chi connectivity index (χ3v) is 3.80. The molecule has 0 fully saturated rings. The van der Waals surface area contributed by atoms with Gasteiger partial charge in [0.05, 0.1) is 22.6 Å². The molecule has 3 rings (SSSR count). The second-order valence-electron chi connectivity index (χ2n) is 5.00. The zero-order valence-electron chi connectivity index (χ0n) is 12.5. The molecular formula is C18H13Cl2N3O. The smallest absolute Gasteiger partial charge is 0.274 e. The molecule has 0 saturated heterocycles. The van der Waals surface area contributed by atoms with Crippen LogP contribution >= 0.6 is 23.2 Å². The first kappa shape index (κ1) is 16.3. The number of pyridine rings is 1. The van der Waals surface area contributed by atoms with E-state index in [1.54, 1.807) is 54.7 Å². The summed E-state index contributed by atoms with van der Waals surface area (Å²) in [7, 11) is 0. The molecule has 0 radical (unpaired) electrons. The van der Waals surface area contributed by atoms with Gasteiger partial charge in [0.2, 0.25) is 0 Å². The normalized spacial score (nSPS) is 10.2. The Labute approximate surface area is 149 Å². The molecule has 1 amide bonds. The van der Waals surface area contributed by atoms with Crippen molar-refractivity contribution in [1.82, 2.24) is 4.98 Å². The van der Waals surface area contributed by atoms with Crippen LogP contribution in [0.15, 0.2) is 66.9 Å². The lowest BCUT2D eigenvalue weighted by atomic mass is 10.2. The number of carbonyl (C=O) groups excluding carboxylic acids is 1. The molecule has 1 aromatic heterocycles. The van der Waals surface area contributed by atoms with Crippen molar-refractivity contribution in [2.75, 3.05) is 10.6 Å². The number of halogens is 2. The number of benzene rings is 2. The van der Waals surface area contributed by atoms with Gasteiger partial charge in [-0.15, -0.1) is 0 Å². The Morgan fingerprint density at radius 3 is 2.46 bits per heavy atom. The second-order valence-corrected chi connectivity index (χ2v) is 5.85. The van der Waals surface area contributed by atoms with E-state index < -0.39 is 0 Å². The van der Waals surface area contributed by atoms with E-state index >= 15 is 0 Å². The second kappa shape index (κ2) is 7.34. The molecule has 0 aliphatic rings. The molecule has 120 valence electrons. The summed E-state index contributed by atoms with van der Waals surface area (Å²) in [5.74, 6) is -0.322. The van der Waals surface area contributed by atoms with Crippen LogP contribution in [0.5, 0.6) is 0 Å². The Balaban J connectivity index is 1.70. The molecule has 0 bridgehead atoms. The minimum atomic E-state index is -0.322. The van der Waals surface area contributed by atoms with E-state index in [4.69, 9.17) is 23.2 Å². The molecule has 4 nitrogen and oxygen atoms in total. The molecule has 0 unspecified atom stereocenters. The molecule has 0 spiro atoms. The SMILES string of the molecule is O=C(Nc1ccccc1Cl)c1ccc(Nc2cccc(Cl)c2)cn1. The monoisotopic (exact) mass is 357 g/mol. The van der Waals surface area contributed by atoms with E-state index in [2.05, 4.69) is 15.6 Å². The van der Waals surface area contributed by atoms with Gasteiger partial charge in [-0.25, -0.2) is 4.98 Å². The van der Waals surface area contributed by atoms with Crippen molar-refractivity contribution < 1.29 is 4.79 Å². The number of hydrogen-bond acceptors (Lipinski definition) is 3. The maximum absolute atomic E-state index is 12.2. The Kier molecular flexibility index (Phi) is 4.99. The van der Waals surface area contributed by atoms with Gasteiger partial charge in [0.1, 0.15) is 5.69 Å². The lowest BCUT2D eigenvalue weighted by Crippen LogP contribution is -2.13. The summed E-state index contributed by atoms with van der Waals surface area (Å²) < 4.78 is 0. The molecule has 1 heterocycles. The zero-order chi connectivity index (χ0) is 16.9. The van der Waals surface area contributed by atoms with Crippen molar-refractivity contribution in [2.24, 2.45) is 0 Å². The quantitative estimate of drug-likeness (QED) is 0.658. The predicted molar refractivity (Wildman–Crippen MR) is 98.4 cm³/mol. The summed E-state index contributed by atoms with van der Waals surface area (Å²) in [6, 6.07) is 17.8. The topological polar surface area (TPSA) is 54.0 Å². The number of para-hydroxylation sites is 1. The first-order chi connectivity index (χ1) is 11.6. The molecular weight excluding hydrogens is 345 g/mol. The number of anilines is 3. The van der Waals surface area contributed by atoms with Crippen LogP contribution in [0.1, 0.15) is 10.5 Å². The van der Waals surface area contributed by atoms with Crippen molar-refractivity contribution in [3.05, 3.63) is 82.6 Å². The third kappa shape index (κ3) is 4.04. The number of nitrogens with zero attached hydrogens (tertiary/aromatic N) is 1. The lowest BCUT2D eigenvalue weighted by Gasteiger charge is -2.08. The molecule has 6 heteroatoms. The largest absolute Gasteiger partial charge is 0.354 e. The number of rotatable bonds is 4. The van der Waals surface area contributed by atoms with Gasteiger partial charge < -0.3 is 10.6 Å². The molecule has 0 aliphatic heterocycles. The van der Waals surface area contributed by atoms with Crippen LogP contribution in [0, 0.1) is 0 Å². The van der Waals surface area contributed by atoms with Gasteiger partial charge >= 0.3 is 0 Å². The average molecular weight is 358 g/mol. The molecule has 0 saturated carbocycles. The van der Waals surface area contributed by atoms with Crippen LogP contribution < -0.4 is 10.6 Å². The highest BCUT2D eigenvalue weighted by molar-refractivity contribution is 6.33. The third-order valence-electron chi connectivity index (χ3n) is 3.23. The zero-order valence-corrected chi connectivity index (χ0v) is 14.0. The summed E-state index contributed by atoms with van der Waals surface area (Å²) in [5.41, 5.74) is 2.45. The van der Waals surface area contributed by atoms with Crippen molar-refractivity contribution in [3.63, 3.8) is 0 Å². The van der Waals surface area contributed by atoms with Crippen LogP contribution in [0.3, 0.4) is 0 Å². The standard InChI is InChI=1S/C18H13Cl2N3O/c19-12-4-3-5-13(10-12)22-14-8-9-17(21-11-14)18(24)23-16-7-2-1-6-15(16)20/h1-11,22H,(H,23,24). The maximum atomic E-state index is 12.2. The van der Waals surface area contributed by atoms with Crippen LogP contribution in [0.25, 0.3) is 0 Å². The number of carbonyl (C=O) groups is 1. The molecule has 3 aromatic rings. The van der Waals surface area contributed by atoms with Gasteiger partial charge in [0.15, 0.2) is 0 Å². The number of hydrogen-bond donors (Lipinski definition) is 2. The number of amides is 1. The summed E-state index contributed by atoms with van der Waals surface area (Å²) in [5, 5.41) is 7.02. The Bertz CT molecular complexity index is 866. The first-order valence-corrected chi connectivity index (χ1v) is 7.92. The van der Waals surface area contributed by atoms with Crippen LogP contribution in [0.2, 0.25) is 10.0 Å². The van der Waals surface area contributed by atoms with E-state index in [0.29, 0.717) is 21.4 Å². The minimum absolute atomic E-state index is 0.298. The fourth-order valence-corrected chi connectivity index (χ4v) is 2.46. The highest BCUT2D eigenvalue weighted by Crippen LogP contribution is 2.22. The van der Waals surface area contributed by atoms with E-state index in [-0.39, 0.29) is 5.91 Å². The van der Waals surface area contributed by atoms with Gasteiger partial charge in [0.25, 0.3) is 5.91 Å². The van der Waals surface area contributed by atoms with Gasteiger partial charge in [-0.3, -0.25) is 4.79 Å². The van der Waals surface area contributed by atoms with Crippen molar-refractivity contribution in [2.45, 2.75) is 0 Å². The van der Waals surface area contributed by atoms with Crippen LogP contribution in [-0.2, 0) is 0 Å². The maximum Gasteiger partial charge on any atom is 0.274 e. The highest BCUT2D eigenvalue weighted by atomic mass is 35.5. The van der Waals surface area contributed by atoms with E-state index in [1.165, 1.54) is 0 Å². The summed E-state index contributed by atoms with van der Waals surface area (Å²) >= 11 is 12.0. The fraction of sp³-hybridized carbons (Fsp3) is 0. The number of nitrogens with one attached hydrogen (secondary N) is 2. The molecule has 2 aromatic carbocycles. The molecule has 2 N–H and O–H groups in total. The van der Waals surface area contributed by atoms with Gasteiger partial charge in [0, 0.05) is 10.7 Å². The molecule has 24 heavy (non-hydrogen) atoms. The summed E-state index contributed by atoms with van der Waals surface area (Å²) in [6.07, 6.45) is 1.59. The van der Waals surface area contributed by atoms with E-state index in [1.807, 2.05) is 12.1 Å². The molecule has 0 aliphatic carbocycles. The highest BCUT2D eigenvalue weighted by Gasteiger charge is 2.09. The Hall–Kier alpha value is -2.56. The van der Waals surface area contributed by atoms with Crippen LogP contribution in [-0.4, -0.2) is 10.9 Å². The average Bonchev–Trinajstić information content (AvgIpc) is 2.57. The summed E-state index contributed by atoms with van der Waals surface area (Å²) in [4.78, 5) is 16.4. The van der Waals surface area contributed by atoms with Crippen molar-refractivity contribution in [3.8, 4) is 0 Å². The minimum Gasteiger partial charge on any atom is -0.354 e. The predicted octanol–water partition coefficient (Wildman–Crippen LogP) is 5.38. The Morgan fingerprint density at radius 1 is 0.917 bits per heavy atom. The van der Waals surface area contributed by atoms with Gasteiger partial charge in [-0.1, -0.05) is 41.4 Å². The van der Waals surface area contributed by atoms with Crippen molar-refractivity contribution in [1.29, 1.82) is 0 Å². The van der Waals surface area contributed by atoms with E-state index in [0.717, 1.165) is 11.4 Å². The van der Waals surface area contributed by atoms with Crippen molar-refractivity contribution >= 4 is 46.2 Å². The van der Waals surface area contributed by atoms with Crippen LogP contribution in [0.4, 0.5) is 17.1 Å². The van der Waals surface area contributed by atoms with Gasteiger partial charge in [-0.05, 0) is 42.5 Å². The summed E-state index contributed by atoms with van der Waals surface area (Å²) in [6.45, 7) is 0. The van der Waals surface area contributed by atoms with Gasteiger partial charge in [-0.2, -0.15) is 0 Å². The first-order valence-electron chi connectivity index (χ1n) is 7.16. The fourth-order valence-electron chi connectivity index (χ4n) is 2.08. The Morgan fingerprint density at radius 2 is 1.75 bits per heavy atom. The molecule has 0 atom stereocenters. The van der Waals surface area contributed by atoms with E-state index in [9.17, 15) is 4.79 Å².